The van der Waals surface area contributed by atoms with Gasteiger partial charge in [0.05, 0.1) is 29.4 Å². The molecule has 0 aliphatic carbocycles. The minimum absolute atomic E-state index is 0.0918. The molecule has 2 aromatic carbocycles. The van der Waals surface area contributed by atoms with Crippen molar-refractivity contribution in [3.05, 3.63) is 75.9 Å². The molecule has 244 valence electrons. The number of benzene rings is 2. The lowest BCUT2D eigenvalue weighted by molar-refractivity contribution is -0.119. The number of alkyl carbamates (subject to hydrolysis) is 1. The molecule has 2 heterocycles. The Hall–Kier alpha value is -4.12. The summed E-state index contributed by atoms with van der Waals surface area (Å²) in [5.41, 5.74) is 10.4. The van der Waals surface area contributed by atoms with Crippen molar-refractivity contribution in [1.29, 1.82) is 0 Å². The molecule has 1 fully saturated rings. The average Bonchev–Trinajstić information content (AvgIpc) is 3.43. The van der Waals surface area contributed by atoms with Crippen LogP contribution in [0.15, 0.2) is 59.7 Å². The Bertz CT molecular complexity index is 1620. The van der Waals surface area contributed by atoms with Crippen LogP contribution in [0.5, 0.6) is 5.88 Å². The summed E-state index contributed by atoms with van der Waals surface area (Å²) in [4.78, 5) is 32.5. The first-order valence-electron chi connectivity index (χ1n) is 15.0. The van der Waals surface area contributed by atoms with Gasteiger partial charge < -0.3 is 31.2 Å². The molecule has 1 atom stereocenters. The molecule has 12 heteroatoms. The van der Waals surface area contributed by atoms with Crippen LogP contribution in [0.1, 0.15) is 44.7 Å². The highest BCUT2D eigenvalue weighted by Gasteiger charge is 2.21. The summed E-state index contributed by atoms with van der Waals surface area (Å²) in [5.74, 6) is 0.578. The number of carbonyl (C=O) groups is 2. The molecule has 0 unspecified atom stereocenters. The molecule has 1 aromatic heterocycles. The molecular weight excluding hydrogens is 627 g/mol. The van der Waals surface area contributed by atoms with Crippen LogP contribution in [0.4, 0.5) is 4.79 Å². The predicted octanol–water partition coefficient (Wildman–Crippen LogP) is 5.99. The highest BCUT2D eigenvalue weighted by molar-refractivity contribution is 6.39. The summed E-state index contributed by atoms with van der Waals surface area (Å²) < 4.78 is 10.8. The molecule has 5 N–H and O–H groups in total. The van der Waals surface area contributed by atoms with Crippen molar-refractivity contribution < 1.29 is 19.1 Å². The molecular formula is C34H40Cl2N6O4. The Balaban J connectivity index is 1.49. The third-order valence-electron chi connectivity index (χ3n) is 7.12. The molecule has 46 heavy (non-hydrogen) atoms. The second kappa shape index (κ2) is 15.9. The fourth-order valence-corrected chi connectivity index (χ4v) is 5.61. The zero-order valence-corrected chi connectivity index (χ0v) is 28.0. The summed E-state index contributed by atoms with van der Waals surface area (Å²) in [6, 6.07) is 15.3. The minimum Gasteiger partial charge on any atom is -0.481 e. The topological polar surface area (TPSA) is 140 Å². The van der Waals surface area contributed by atoms with Crippen LogP contribution in [0.2, 0.25) is 10.0 Å². The third kappa shape index (κ3) is 9.22. The number of nitrogens with one attached hydrogen (secondary N) is 3. The molecule has 0 saturated carbocycles. The maximum absolute atomic E-state index is 11.9. The number of allylic oxidation sites excluding steroid dienone is 1. The van der Waals surface area contributed by atoms with Crippen LogP contribution in [-0.4, -0.2) is 61.6 Å². The molecule has 1 aliphatic heterocycles. The van der Waals surface area contributed by atoms with Crippen molar-refractivity contribution in [3.63, 3.8) is 0 Å². The average molecular weight is 668 g/mol. The number of aliphatic imine (C=N–C) groups is 1. The van der Waals surface area contributed by atoms with E-state index >= 15 is 0 Å². The molecule has 10 nitrogen and oxygen atoms in total. The number of amides is 2. The number of carbonyl (C=O) groups excluding carboxylic acids is 2. The number of hydrogen-bond donors (Lipinski definition) is 4. The van der Waals surface area contributed by atoms with E-state index in [1.807, 2.05) is 48.5 Å². The second-order valence-corrected chi connectivity index (χ2v) is 12.5. The van der Waals surface area contributed by atoms with Crippen molar-refractivity contribution in [2.75, 3.05) is 26.7 Å². The Labute approximate surface area is 279 Å². The molecule has 0 bridgehead atoms. The number of aromatic nitrogens is 1. The number of nitrogens with two attached hydrogens (primary N) is 1. The lowest BCUT2D eigenvalue weighted by atomic mass is 9.97. The van der Waals surface area contributed by atoms with Gasteiger partial charge in [0.2, 0.25) is 11.8 Å². The van der Waals surface area contributed by atoms with Crippen molar-refractivity contribution >= 4 is 47.0 Å². The first kappa shape index (κ1) is 34.7. The normalized spacial score (nSPS) is 15.2. The summed E-state index contributed by atoms with van der Waals surface area (Å²) in [6.45, 7) is 7.25. The van der Waals surface area contributed by atoms with E-state index in [-0.39, 0.29) is 11.9 Å². The number of methoxy groups -OCH3 is 1. The van der Waals surface area contributed by atoms with Crippen molar-refractivity contribution in [1.82, 2.24) is 20.9 Å². The van der Waals surface area contributed by atoms with Gasteiger partial charge >= 0.3 is 6.09 Å². The Morgan fingerprint density at radius 3 is 2.50 bits per heavy atom. The van der Waals surface area contributed by atoms with E-state index in [1.165, 1.54) is 6.20 Å². The maximum atomic E-state index is 11.9. The first-order valence-corrected chi connectivity index (χ1v) is 15.8. The third-order valence-corrected chi connectivity index (χ3v) is 7.93. The summed E-state index contributed by atoms with van der Waals surface area (Å²) in [6.07, 6.45) is 3.95. The van der Waals surface area contributed by atoms with Crippen molar-refractivity contribution in [2.24, 2.45) is 10.7 Å². The standard InChI is InChI=1S/C34H40Cl2N6O4/c1-34(2,3)46-33(44)40-16-15-38-19-22(17-37)24-7-5-8-25(30(24)35)26-9-6-10-27(31(26)36)28-13-11-21(32(42-28)45-4)18-39-20-23-12-14-29(43)41-23/h5-11,13,17,19,23,39H,12,14-16,18,20,37H2,1-4H3,(H,40,44)(H,41,43)/t23-/m0/s1. The number of nitrogens with zero attached hydrogens (tertiary/aromatic N) is 2. The molecule has 3 aromatic rings. The number of hydrogen-bond acceptors (Lipinski definition) is 8. The van der Waals surface area contributed by atoms with E-state index in [9.17, 15) is 9.59 Å². The fourth-order valence-electron chi connectivity index (χ4n) is 4.94. The van der Waals surface area contributed by atoms with Crippen LogP contribution in [-0.2, 0) is 16.1 Å². The SMILES string of the molecule is COc1nc(-c2cccc(-c3cccc(C(C=NCCNC(=O)OC(C)(C)C)=CN)c3Cl)c2Cl)ccc1CNC[C@@H]1CCC(=O)N1. The van der Waals surface area contributed by atoms with E-state index in [1.54, 1.807) is 34.1 Å². The van der Waals surface area contributed by atoms with E-state index in [4.69, 9.17) is 43.4 Å². The van der Waals surface area contributed by atoms with Gasteiger partial charge in [0, 0.05) is 77.9 Å². The van der Waals surface area contributed by atoms with Gasteiger partial charge in [0.15, 0.2) is 0 Å². The Morgan fingerprint density at radius 1 is 1.11 bits per heavy atom. The smallest absolute Gasteiger partial charge is 0.407 e. The highest BCUT2D eigenvalue weighted by atomic mass is 35.5. The van der Waals surface area contributed by atoms with E-state index < -0.39 is 11.7 Å². The quantitative estimate of drug-likeness (QED) is 0.137. The van der Waals surface area contributed by atoms with E-state index in [0.717, 1.165) is 28.7 Å². The summed E-state index contributed by atoms with van der Waals surface area (Å²) >= 11 is 14.0. The van der Waals surface area contributed by atoms with Crippen LogP contribution in [0, 0.1) is 0 Å². The summed E-state index contributed by atoms with van der Waals surface area (Å²) in [7, 11) is 1.58. The number of ether oxygens (including phenoxy) is 2. The van der Waals surface area contributed by atoms with Crippen LogP contribution in [0.3, 0.4) is 0 Å². The lowest BCUT2D eigenvalue weighted by Gasteiger charge is -2.19. The van der Waals surface area contributed by atoms with Gasteiger partial charge in [-0.2, -0.15) is 0 Å². The number of pyridine rings is 1. The largest absolute Gasteiger partial charge is 0.481 e. The van der Waals surface area contributed by atoms with Gasteiger partial charge in [-0.1, -0.05) is 65.7 Å². The first-order chi connectivity index (χ1) is 22.0. The monoisotopic (exact) mass is 666 g/mol. The maximum Gasteiger partial charge on any atom is 0.407 e. The van der Waals surface area contributed by atoms with E-state index in [2.05, 4.69) is 20.9 Å². The second-order valence-electron chi connectivity index (χ2n) is 11.7. The van der Waals surface area contributed by atoms with E-state index in [0.29, 0.717) is 65.4 Å². The number of rotatable bonds is 12. The molecule has 1 aliphatic rings. The Morgan fingerprint density at radius 2 is 1.83 bits per heavy atom. The molecule has 0 radical (unpaired) electrons. The highest BCUT2D eigenvalue weighted by Crippen LogP contribution is 2.41. The predicted molar refractivity (Wildman–Crippen MR) is 184 cm³/mol. The van der Waals surface area contributed by atoms with Gasteiger partial charge in [-0.3, -0.25) is 9.79 Å². The van der Waals surface area contributed by atoms with Crippen LogP contribution >= 0.6 is 23.2 Å². The van der Waals surface area contributed by atoms with Gasteiger partial charge in [0.25, 0.3) is 0 Å². The molecule has 1 saturated heterocycles. The lowest BCUT2D eigenvalue weighted by Crippen LogP contribution is -2.35. The summed E-state index contributed by atoms with van der Waals surface area (Å²) in [5, 5.41) is 9.95. The molecule has 0 spiro atoms. The van der Waals surface area contributed by atoms with Crippen molar-refractivity contribution in [2.45, 2.75) is 51.8 Å². The number of halogens is 2. The zero-order chi connectivity index (χ0) is 33.3. The zero-order valence-electron chi connectivity index (χ0n) is 26.5. The van der Waals surface area contributed by atoms with Crippen molar-refractivity contribution in [3.8, 4) is 28.3 Å². The molecule has 2 amide bonds. The van der Waals surface area contributed by atoms with Crippen LogP contribution < -0.4 is 26.4 Å². The Kier molecular flexibility index (Phi) is 12.0. The van der Waals surface area contributed by atoms with Gasteiger partial charge in [-0.05, 0) is 33.3 Å². The van der Waals surface area contributed by atoms with Gasteiger partial charge in [-0.15, -0.1) is 0 Å². The minimum atomic E-state index is -0.573. The van der Waals surface area contributed by atoms with Gasteiger partial charge in [0.1, 0.15) is 5.60 Å². The fraction of sp³-hybridized carbons (Fsp3) is 0.353. The molecule has 4 rings (SSSR count). The van der Waals surface area contributed by atoms with Gasteiger partial charge in [-0.25, -0.2) is 9.78 Å². The van der Waals surface area contributed by atoms with Crippen LogP contribution in [0.25, 0.3) is 28.0 Å².